The number of anilines is 2. The maximum atomic E-state index is 12.5. The minimum Gasteiger partial charge on any atom is -0.494 e. The number of nitrogens with one attached hydrogen (secondary N) is 2. The second-order valence-corrected chi connectivity index (χ2v) is 7.38. The van der Waals surface area contributed by atoms with Crippen molar-refractivity contribution in [3.8, 4) is 5.75 Å². The molecule has 1 aromatic heterocycles. The second kappa shape index (κ2) is 8.12. The van der Waals surface area contributed by atoms with Gasteiger partial charge in [-0.25, -0.2) is 4.98 Å². The predicted molar refractivity (Wildman–Crippen MR) is 110 cm³/mol. The molecule has 2 amide bonds. The van der Waals surface area contributed by atoms with Gasteiger partial charge in [-0.1, -0.05) is 41.5 Å². The Kier molecular flexibility index (Phi) is 5.84. The molecule has 6 nitrogen and oxygen atoms in total. The van der Waals surface area contributed by atoms with Gasteiger partial charge in [0.1, 0.15) is 0 Å². The number of fused-ring (bicyclic) bond motifs is 1. The Labute approximate surface area is 169 Å². The van der Waals surface area contributed by atoms with Gasteiger partial charge in [-0.05, 0) is 30.3 Å². The summed E-state index contributed by atoms with van der Waals surface area (Å²) >= 11 is 13.5. The highest BCUT2D eigenvalue weighted by Crippen LogP contribution is 2.34. The van der Waals surface area contributed by atoms with Crippen molar-refractivity contribution in [3.05, 3.63) is 45.9 Å². The van der Waals surface area contributed by atoms with E-state index in [1.54, 1.807) is 25.1 Å². The van der Waals surface area contributed by atoms with E-state index in [2.05, 4.69) is 15.6 Å². The molecule has 140 valence electrons. The maximum Gasteiger partial charge on any atom is 0.255 e. The molecule has 0 aliphatic carbocycles. The maximum absolute atomic E-state index is 12.5. The molecule has 9 heteroatoms. The molecule has 0 aliphatic heterocycles. The van der Waals surface area contributed by atoms with Gasteiger partial charge in [0.05, 0.1) is 27.4 Å². The molecule has 0 spiro atoms. The van der Waals surface area contributed by atoms with Crippen LogP contribution in [0.15, 0.2) is 30.3 Å². The van der Waals surface area contributed by atoms with Gasteiger partial charge in [0.25, 0.3) is 5.91 Å². The van der Waals surface area contributed by atoms with Crippen LogP contribution in [0.4, 0.5) is 10.8 Å². The lowest BCUT2D eigenvalue weighted by Crippen LogP contribution is -2.12. The van der Waals surface area contributed by atoms with Crippen LogP contribution in [0.1, 0.15) is 23.7 Å². The number of hydrogen-bond donors (Lipinski definition) is 2. The fourth-order valence-corrected chi connectivity index (χ4v) is 3.92. The van der Waals surface area contributed by atoms with Crippen molar-refractivity contribution in [2.24, 2.45) is 0 Å². The van der Waals surface area contributed by atoms with Crippen molar-refractivity contribution >= 4 is 67.4 Å². The molecule has 2 N–H and O–H groups in total. The lowest BCUT2D eigenvalue weighted by atomic mass is 10.2. The average molecular weight is 424 g/mol. The summed E-state index contributed by atoms with van der Waals surface area (Å²) in [6.45, 7) is 1.77. The first-order valence-corrected chi connectivity index (χ1v) is 9.53. The number of amides is 2. The average Bonchev–Trinajstić information content (AvgIpc) is 3.02. The van der Waals surface area contributed by atoms with Crippen LogP contribution in [0.5, 0.6) is 5.75 Å². The van der Waals surface area contributed by atoms with Crippen LogP contribution in [-0.4, -0.2) is 23.9 Å². The second-order valence-electron chi connectivity index (χ2n) is 5.53. The van der Waals surface area contributed by atoms with Crippen LogP contribution in [0.2, 0.25) is 10.0 Å². The number of carbonyl (C=O) groups excluding carboxylic acids is 2. The summed E-state index contributed by atoms with van der Waals surface area (Å²) in [6, 6.07) is 8.28. The molecule has 0 radical (unpaired) electrons. The zero-order valence-corrected chi connectivity index (χ0v) is 16.8. The summed E-state index contributed by atoms with van der Waals surface area (Å²) in [4.78, 5) is 28.3. The summed E-state index contributed by atoms with van der Waals surface area (Å²) < 4.78 is 5.92. The van der Waals surface area contributed by atoms with Gasteiger partial charge in [0.15, 0.2) is 10.9 Å². The van der Waals surface area contributed by atoms with E-state index in [0.717, 1.165) is 10.2 Å². The third-order valence-corrected chi connectivity index (χ3v) is 5.17. The largest absolute Gasteiger partial charge is 0.494 e. The molecule has 0 saturated carbocycles. The topological polar surface area (TPSA) is 80.3 Å². The molecule has 2 aromatic carbocycles. The Morgan fingerprint density at radius 1 is 1.15 bits per heavy atom. The molecular weight excluding hydrogens is 409 g/mol. The number of nitrogens with zero attached hydrogens (tertiary/aromatic N) is 1. The van der Waals surface area contributed by atoms with Crippen molar-refractivity contribution < 1.29 is 14.3 Å². The Morgan fingerprint density at radius 2 is 1.85 bits per heavy atom. The summed E-state index contributed by atoms with van der Waals surface area (Å²) in [6.07, 6.45) is 0.379. The van der Waals surface area contributed by atoms with E-state index in [4.69, 9.17) is 27.9 Å². The number of ether oxygens (including phenoxy) is 1. The number of thiazole rings is 1. The first-order valence-electron chi connectivity index (χ1n) is 7.96. The van der Waals surface area contributed by atoms with Crippen molar-refractivity contribution in [1.82, 2.24) is 4.98 Å². The molecule has 0 fully saturated rings. The number of aromatic nitrogens is 1. The minimum atomic E-state index is -0.357. The lowest BCUT2D eigenvalue weighted by molar-refractivity contribution is -0.115. The Hall–Kier alpha value is -2.35. The lowest BCUT2D eigenvalue weighted by Gasteiger charge is -2.09. The first kappa shape index (κ1) is 19.4. The zero-order valence-electron chi connectivity index (χ0n) is 14.4. The van der Waals surface area contributed by atoms with E-state index in [0.29, 0.717) is 28.6 Å². The standard InChI is InChI=1S/C18H15Cl2N3O3S/c1-3-15(24)23-18-22-13-5-4-10(8-14(13)27-18)21-17(25)9-6-11(19)16(26-2)12(20)7-9/h4-8H,3H2,1-2H3,(H,21,25)(H,22,23,24). The molecule has 3 rings (SSSR count). The Morgan fingerprint density at radius 3 is 2.48 bits per heavy atom. The van der Waals surface area contributed by atoms with Gasteiger partial charge >= 0.3 is 0 Å². The fraction of sp³-hybridized carbons (Fsp3) is 0.167. The molecule has 0 atom stereocenters. The molecule has 0 bridgehead atoms. The summed E-state index contributed by atoms with van der Waals surface area (Å²) in [5.41, 5.74) is 1.64. The predicted octanol–water partition coefficient (Wildman–Crippen LogP) is 5.21. The van der Waals surface area contributed by atoms with Gasteiger partial charge < -0.3 is 15.4 Å². The van der Waals surface area contributed by atoms with Crippen LogP contribution >= 0.6 is 34.5 Å². The number of rotatable bonds is 5. The first-order chi connectivity index (χ1) is 12.9. The summed E-state index contributed by atoms with van der Waals surface area (Å²) in [5.74, 6) is -0.136. The Balaban J connectivity index is 1.81. The Bertz CT molecular complexity index is 1010. The van der Waals surface area contributed by atoms with E-state index in [-0.39, 0.29) is 21.9 Å². The zero-order chi connectivity index (χ0) is 19.6. The molecule has 0 unspecified atom stereocenters. The van der Waals surface area contributed by atoms with Gasteiger partial charge in [-0.15, -0.1) is 0 Å². The third kappa shape index (κ3) is 4.32. The number of methoxy groups -OCH3 is 1. The molecule has 0 aliphatic rings. The molecular formula is C18H15Cl2N3O3S. The summed E-state index contributed by atoms with van der Waals surface area (Å²) in [5, 5.41) is 6.56. The van der Waals surface area contributed by atoms with E-state index < -0.39 is 0 Å². The van der Waals surface area contributed by atoms with E-state index in [1.807, 2.05) is 0 Å². The van der Waals surface area contributed by atoms with Crippen molar-refractivity contribution in [2.45, 2.75) is 13.3 Å². The molecule has 3 aromatic rings. The summed E-state index contributed by atoms with van der Waals surface area (Å²) in [7, 11) is 1.45. The van der Waals surface area contributed by atoms with E-state index >= 15 is 0 Å². The number of hydrogen-bond acceptors (Lipinski definition) is 5. The normalized spacial score (nSPS) is 10.7. The van der Waals surface area contributed by atoms with Crippen molar-refractivity contribution in [3.63, 3.8) is 0 Å². The van der Waals surface area contributed by atoms with Gasteiger partial charge in [0.2, 0.25) is 5.91 Å². The van der Waals surface area contributed by atoms with Gasteiger partial charge in [-0.2, -0.15) is 0 Å². The van der Waals surface area contributed by atoms with Crippen LogP contribution in [0.3, 0.4) is 0 Å². The van der Waals surface area contributed by atoms with Crippen molar-refractivity contribution in [1.29, 1.82) is 0 Å². The molecule has 1 heterocycles. The third-order valence-electron chi connectivity index (χ3n) is 3.68. The smallest absolute Gasteiger partial charge is 0.255 e. The highest BCUT2D eigenvalue weighted by atomic mass is 35.5. The molecule has 27 heavy (non-hydrogen) atoms. The van der Waals surface area contributed by atoms with Crippen LogP contribution in [0.25, 0.3) is 10.2 Å². The fourth-order valence-electron chi connectivity index (χ4n) is 2.35. The highest BCUT2D eigenvalue weighted by molar-refractivity contribution is 7.22. The number of benzene rings is 2. The quantitative estimate of drug-likeness (QED) is 0.589. The van der Waals surface area contributed by atoms with Crippen molar-refractivity contribution in [2.75, 3.05) is 17.7 Å². The van der Waals surface area contributed by atoms with Crippen LogP contribution in [-0.2, 0) is 4.79 Å². The van der Waals surface area contributed by atoms with Crippen LogP contribution < -0.4 is 15.4 Å². The monoisotopic (exact) mass is 423 g/mol. The van der Waals surface area contributed by atoms with E-state index in [9.17, 15) is 9.59 Å². The van der Waals surface area contributed by atoms with E-state index in [1.165, 1.54) is 30.6 Å². The van der Waals surface area contributed by atoms with Gasteiger partial charge in [0, 0.05) is 17.7 Å². The molecule has 0 saturated heterocycles. The van der Waals surface area contributed by atoms with Gasteiger partial charge in [-0.3, -0.25) is 9.59 Å². The number of carbonyl (C=O) groups is 2. The van der Waals surface area contributed by atoms with Crippen LogP contribution in [0, 0.1) is 0 Å². The minimum absolute atomic E-state index is 0.101. The number of halogens is 2. The SMILES string of the molecule is CCC(=O)Nc1nc2ccc(NC(=O)c3cc(Cl)c(OC)c(Cl)c3)cc2s1. The highest BCUT2D eigenvalue weighted by Gasteiger charge is 2.14.